The van der Waals surface area contributed by atoms with Crippen molar-refractivity contribution in [1.29, 1.82) is 0 Å². The molecule has 0 aromatic heterocycles. The molecule has 0 saturated carbocycles. The molecule has 0 radical (unpaired) electrons. The summed E-state index contributed by atoms with van der Waals surface area (Å²) in [4.78, 5) is 14.6. The zero-order valence-electron chi connectivity index (χ0n) is 17.9. The molecule has 8 heteroatoms. The van der Waals surface area contributed by atoms with Gasteiger partial charge in [-0.1, -0.05) is 17.7 Å². The lowest BCUT2D eigenvalue weighted by Gasteiger charge is -2.31. The van der Waals surface area contributed by atoms with Gasteiger partial charge in [0.2, 0.25) is 10.0 Å². The van der Waals surface area contributed by atoms with Crippen LogP contribution in [-0.4, -0.2) is 63.4 Å². The second kappa shape index (κ2) is 9.16. The number of amides is 1. The Hall–Kier alpha value is -2.42. The normalized spacial score (nSPS) is 15.7. The summed E-state index contributed by atoms with van der Waals surface area (Å²) in [6.07, 6.45) is 0. The van der Waals surface area contributed by atoms with E-state index in [1.807, 2.05) is 40.0 Å². The second-order valence-corrected chi connectivity index (χ2v) is 9.73. The average molecular weight is 432 g/mol. The molecule has 0 atom stereocenters. The van der Waals surface area contributed by atoms with Gasteiger partial charge in [0.15, 0.2) is 6.61 Å². The monoisotopic (exact) mass is 431 g/mol. The topological polar surface area (TPSA) is 78.9 Å². The minimum Gasteiger partial charge on any atom is -0.483 e. The molecule has 1 fully saturated rings. The molecule has 0 unspecified atom stereocenters. The number of benzene rings is 2. The molecule has 1 aliphatic rings. The number of aryl methyl sites for hydroxylation is 3. The predicted octanol–water partition coefficient (Wildman–Crippen LogP) is 2.57. The summed E-state index contributed by atoms with van der Waals surface area (Å²) in [5.74, 6) is 0.411. The van der Waals surface area contributed by atoms with Crippen LogP contribution in [0.2, 0.25) is 0 Å². The highest BCUT2D eigenvalue weighted by atomic mass is 32.2. The minimum atomic E-state index is -3.52. The fourth-order valence-corrected chi connectivity index (χ4v) is 5.04. The third-order valence-corrected chi connectivity index (χ3v) is 7.10. The van der Waals surface area contributed by atoms with Crippen molar-refractivity contribution in [1.82, 2.24) is 9.21 Å². The number of ether oxygens (including phenoxy) is 1. The van der Waals surface area contributed by atoms with Crippen molar-refractivity contribution < 1.29 is 17.9 Å². The lowest BCUT2D eigenvalue weighted by Crippen LogP contribution is -2.46. The maximum Gasteiger partial charge on any atom is 0.262 e. The second-order valence-electron chi connectivity index (χ2n) is 7.80. The third kappa shape index (κ3) is 5.19. The van der Waals surface area contributed by atoms with Crippen LogP contribution < -0.4 is 10.1 Å². The minimum absolute atomic E-state index is 0.119. The van der Waals surface area contributed by atoms with Crippen molar-refractivity contribution >= 4 is 21.6 Å². The molecular weight excluding hydrogens is 402 g/mol. The van der Waals surface area contributed by atoms with Gasteiger partial charge in [0, 0.05) is 31.9 Å². The Kier molecular flexibility index (Phi) is 6.80. The smallest absolute Gasteiger partial charge is 0.262 e. The summed E-state index contributed by atoms with van der Waals surface area (Å²) in [6.45, 7) is 8.19. The molecule has 1 N–H and O–H groups in total. The number of nitrogens with zero attached hydrogens (tertiary/aromatic N) is 2. The number of anilines is 1. The number of hydrogen-bond acceptors (Lipinski definition) is 5. The van der Waals surface area contributed by atoms with Gasteiger partial charge >= 0.3 is 0 Å². The molecule has 0 bridgehead atoms. The molecule has 7 nitrogen and oxygen atoms in total. The van der Waals surface area contributed by atoms with E-state index in [0.29, 0.717) is 37.6 Å². The quantitative estimate of drug-likeness (QED) is 0.761. The van der Waals surface area contributed by atoms with Crippen molar-refractivity contribution in [3.05, 3.63) is 53.1 Å². The zero-order valence-corrected chi connectivity index (χ0v) is 18.8. The summed E-state index contributed by atoms with van der Waals surface area (Å²) in [5.41, 5.74) is 3.64. The predicted molar refractivity (Wildman–Crippen MR) is 117 cm³/mol. The first-order valence-electron chi connectivity index (χ1n) is 9.96. The van der Waals surface area contributed by atoms with Crippen LogP contribution in [0.3, 0.4) is 0 Å². The van der Waals surface area contributed by atoms with Gasteiger partial charge < -0.3 is 15.0 Å². The first-order valence-corrected chi connectivity index (χ1v) is 11.4. The molecule has 0 aliphatic carbocycles. The van der Waals surface area contributed by atoms with Crippen LogP contribution >= 0.6 is 0 Å². The summed E-state index contributed by atoms with van der Waals surface area (Å²) < 4.78 is 32.8. The highest BCUT2D eigenvalue weighted by molar-refractivity contribution is 7.89. The molecule has 2 aromatic carbocycles. The SMILES string of the molecule is Cc1cc(C)c(OCC(=O)Nc2ccc(S(=O)(=O)N3CCN(C)CC3)cc2)c(C)c1. The number of sulfonamides is 1. The Morgan fingerprint density at radius 2 is 1.57 bits per heavy atom. The van der Waals surface area contributed by atoms with Crippen molar-refractivity contribution in [2.75, 3.05) is 45.2 Å². The number of rotatable bonds is 6. The molecule has 1 aliphatic heterocycles. The van der Waals surface area contributed by atoms with Crippen LogP contribution in [0.15, 0.2) is 41.3 Å². The number of hydrogen-bond donors (Lipinski definition) is 1. The Morgan fingerprint density at radius 1 is 1.00 bits per heavy atom. The largest absolute Gasteiger partial charge is 0.483 e. The van der Waals surface area contributed by atoms with Crippen LogP contribution in [0.5, 0.6) is 5.75 Å². The molecular formula is C22H29N3O4S. The number of piperazine rings is 1. The Morgan fingerprint density at radius 3 is 2.13 bits per heavy atom. The molecule has 0 spiro atoms. The van der Waals surface area contributed by atoms with E-state index in [1.54, 1.807) is 12.1 Å². The molecule has 30 heavy (non-hydrogen) atoms. The van der Waals surface area contributed by atoms with Gasteiger partial charge in [-0.3, -0.25) is 4.79 Å². The van der Waals surface area contributed by atoms with Crippen LogP contribution in [0.4, 0.5) is 5.69 Å². The highest BCUT2D eigenvalue weighted by Gasteiger charge is 2.27. The fourth-order valence-electron chi connectivity index (χ4n) is 3.62. The summed E-state index contributed by atoms with van der Waals surface area (Å²) >= 11 is 0. The number of nitrogens with one attached hydrogen (secondary N) is 1. The lowest BCUT2D eigenvalue weighted by molar-refractivity contribution is -0.118. The number of carbonyl (C=O) groups excluding carboxylic acids is 1. The van der Waals surface area contributed by atoms with Crippen LogP contribution in [0.1, 0.15) is 16.7 Å². The first-order chi connectivity index (χ1) is 14.2. The highest BCUT2D eigenvalue weighted by Crippen LogP contribution is 2.24. The molecule has 1 amide bonds. The molecule has 1 heterocycles. The first kappa shape index (κ1) is 22.3. The van der Waals surface area contributed by atoms with E-state index < -0.39 is 10.0 Å². The Bertz CT molecular complexity index is 988. The van der Waals surface area contributed by atoms with Crippen LogP contribution in [0.25, 0.3) is 0 Å². The van der Waals surface area contributed by atoms with E-state index in [1.165, 1.54) is 16.4 Å². The third-order valence-electron chi connectivity index (χ3n) is 5.19. The summed E-state index contributed by atoms with van der Waals surface area (Å²) in [6, 6.07) is 10.3. The van der Waals surface area contributed by atoms with Crippen LogP contribution in [-0.2, 0) is 14.8 Å². The standard InChI is InChI=1S/C22H29N3O4S/c1-16-13-17(2)22(18(3)14-16)29-15-21(26)23-19-5-7-20(8-6-19)30(27,28)25-11-9-24(4)10-12-25/h5-8,13-14H,9-12,15H2,1-4H3,(H,23,26). The fraction of sp³-hybridized carbons (Fsp3) is 0.409. The van der Waals surface area contributed by atoms with Crippen molar-refractivity contribution in [3.8, 4) is 5.75 Å². The van der Waals surface area contributed by atoms with Crippen molar-refractivity contribution in [2.45, 2.75) is 25.7 Å². The lowest BCUT2D eigenvalue weighted by atomic mass is 10.1. The van der Waals surface area contributed by atoms with E-state index in [9.17, 15) is 13.2 Å². The maximum absolute atomic E-state index is 12.8. The van der Waals surface area contributed by atoms with Gasteiger partial charge in [-0.05, 0) is 63.2 Å². The summed E-state index contributed by atoms with van der Waals surface area (Å²) in [5, 5.41) is 2.75. The molecule has 162 valence electrons. The van der Waals surface area contributed by atoms with E-state index >= 15 is 0 Å². The van der Waals surface area contributed by atoms with Gasteiger partial charge in [-0.25, -0.2) is 8.42 Å². The Balaban J connectivity index is 1.59. The zero-order chi connectivity index (χ0) is 21.9. The van der Waals surface area contributed by atoms with Crippen molar-refractivity contribution in [2.24, 2.45) is 0 Å². The van der Waals surface area contributed by atoms with Gasteiger partial charge in [0.1, 0.15) is 5.75 Å². The summed E-state index contributed by atoms with van der Waals surface area (Å²) in [7, 11) is -1.54. The van der Waals surface area contributed by atoms with Crippen LogP contribution in [0, 0.1) is 20.8 Å². The Labute approximate surface area is 178 Å². The van der Waals surface area contributed by atoms with E-state index in [2.05, 4.69) is 10.2 Å². The van der Waals surface area contributed by atoms with Gasteiger partial charge in [0.25, 0.3) is 5.91 Å². The van der Waals surface area contributed by atoms with E-state index in [0.717, 1.165) is 16.7 Å². The molecule has 3 rings (SSSR count). The molecule has 2 aromatic rings. The maximum atomic E-state index is 12.8. The molecule has 1 saturated heterocycles. The number of carbonyl (C=O) groups is 1. The van der Waals surface area contributed by atoms with Gasteiger partial charge in [-0.15, -0.1) is 0 Å². The van der Waals surface area contributed by atoms with E-state index in [4.69, 9.17) is 4.74 Å². The van der Waals surface area contributed by atoms with Gasteiger partial charge in [-0.2, -0.15) is 4.31 Å². The van der Waals surface area contributed by atoms with E-state index in [-0.39, 0.29) is 17.4 Å². The number of likely N-dealkylation sites (N-methyl/N-ethyl adjacent to an activating group) is 1. The average Bonchev–Trinajstić information content (AvgIpc) is 2.68. The van der Waals surface area contributed by atoms with Crippen molar-refractivity contribution in [3.63, 3.8) is 0 Å². The van der Waals surface area contributed by atoms with Gasteiger partial charge in [0.05, 0.1) is 4.90 Å².